The minimum absolute atomic E-state index is 0.0837. The number of amides is 3. The minimum atomic E-state index is -4.06. The maximum Gasteiger partial charge on any atom is 0.427 e. The lowest BCUT2D eigenvalue weighted by Gasteiger charge is -2.12. The average Bonchev–Trinajstić information content (AvgIpc) is 3.66. The van der Waals surface area contributed by atoms with Gasteiger partial charge in [-0.2, -0.15) is 13.9 Å². The van der Waals surface area contributed by atoms with Crippen LogP contribution in [0.2, 0.25) is 0 Å². The first kappa shape index (κ1) is 44.5. The number of carbonyl (C=O) groups is 3. The van der Waals surface area contributed by atoms with Gasteiger partial charge in [-0.25, -0.2) is 24.1 Å². The van der Waals surface area contributed by atoms with Gasteiger partial charge in [-0.1, -0.05) is 43.2 Å². The largest absolute Gasteiger partial charge is 0.427 e. The van der Waals surface area contributed by atoms with Crippen LogP contribution < -0.4 is 36.3 Å². The Morgan fingerprint density at radius 3 is 2.39 bits per heavy atom. The monoisotopic (exact) mass is 881 g/mol. The molecule has 3 amide bonds. The standard InChI is InChI=1S/C41H44N12O7S2/c54-38(28-51-24-10-12-32(27-51)39(55)43-22-6-1-2-7-23-44-60-29-31-11-9-21-42-26-31)45-35-13-8-16-37(25-35)62(57,58)48-34-19-17-33(18-20-34)46-47-40(56)59-30-52-41(61)53(50-49-52)36-14-4-3-5-15-36/h3-5,8-21,24-27,44H,1-2,6-7,22-23,28-30H2,(H4-,43,45,46,47,48,49,50,54,55,56)/p+1. The van der Waals surface area contributed by atoms with Crippen molar-refractivity contribution in [1.82, 2.24) is 41.0 Å². The van der Waals surface area contributed by atoms with E-state index < -0.39 is 22.0 Å². The number of hydroxylamine groups is 1. The van der Waals surface area contributed by atoms with Gasteiger partial charge in [0.15, 0.2) is 19.1 Å². The summed E-state index contributed by atoms with van der Waals surface area (Å²) in [5.41, 5.74) is 11.1. The second-order valence-electron chi connectivity index (χ2n) is 13.6. The van der Waals surface area contributed by atoms with Crippen LogP contribution in [0.4, 0.5) is 21.9 Å². The van der Waals surface area contributed by atoms with Crippen molar-refractivity contribution < 1.29 is 36.9 Å². The Balaban J connectivity index is 0.885. The second kappa shape index (κ2) is 22.5. The summed E-state index contributed by atoms with van der Waals surface area (Å²) in [4.78, 5) is 47.4. The smallest absolute Gasteiger partial charge is 0.425 e. The Labute approximate surface area is 362 Å². The number of hydrogen-bond acceptors (Lipinski definition) is 13. The summed E-state index contributed by atoms with van der Waals surface area (Å²) in [6, 6.07) is 28.2. The predicted octanol–water partition coefficient (Wildman–Crippen LogP) is 4.64. The van der Waals surface area contributed by atoms with E-state index in [0.29, 0.717) is 30.1 Å². The first-order chi connectivity index (χ1) is 30.1. The molecule has 6 aromatic rings. The lowest BCUT2D eigenvalue weighted by atomic mass is 10.2. The third-order valence-corrected chi connectivity index (χ3v) is 10.6. The number of aromatic nitrogens is 6. The zero-order valence-corrected chi connectivity index (χ0v) is 35.0. The normalized spacial score (nSPS) is 11.0. The molecule has 0 unspecified atom stereocenters. The third kappa shape index (κ3) is 13.7. The molecule has 62 heavy (non-hydrogen) atoms. The number of nitrogens with one attached hydrogen (secondary N) is 6. The van der Waals surface area contributed by atoms with E-state index in [-0.39, 0.29) is 40.2 Å². The average molecular weight is 882 g/mol. The highest BCUT2D eigenvalue weighted by atomic mass is 32.2. The van der Waals surface area contributed by atoms with E-state index in [1.165, 1.54) is 51.8 Å². The van der Waals surface area contributed by atoms with E-state index in [9.17, 15) is 22.8 Å². The molecule has 0 saturated carbocycles. The number of anilines is 3. The quantitative estimate of drug-likeness (QED) is 0.0237. The molecule has 0 bridgehead atoms. The lowest BCUT2D eigenvalue weighted by molar-refractivity contribution is -0.684. The van der Waals surface area contributed by atoms with Crippen LogP contribution in [0, 0.1) is 4.77 Å². The lowest BCUT2D eigenvalue weighted by Crippen LogP contribution is -2.41. The third-order valence-electron chi connectivity index (χ3n) is 8.83. The van der Waals surface area contributed by atoms with Crippen molar-refractivity contribution in [1.29, 1.82) is 0 Å². The van der Waals surface area contributed by atoms with Crippen molar-refractivity contribution in [3.05, 3.63) is 144 Å². The van der Waals surface area contributed by atoms with Crippen LogP contribution in [0.5, 0.6) is 0 Å². The van der Waals surface area contributed by atoms with Gasteiger partial charge in [0.1, 0.15) is 5.56 Å². The maximum atomic E-state index is 13.3. The summed E-state index contributed by atoms with van der Waals surface area (Å²) in [5.74, 6) is -0.671. The Morgan fingerprint density at radius 1 is 0.806 bits per heavy atom. The van der Waals surface area contributed by atoms with Gasteiger partial charge in [0.2, 0.25) is 11.3 Å². The Kier molecular flexibility index (Phi) is 16.1. The molecule has 6 N–H and O–H groups in total. The second-order valence-corrected chi connectivity index (χ2v) is 15.6. The maximum absolute atomic E-state index is 13.3. The van der Waals surface area contributed by atoms with Crippen LogP contribution in [0.3, 0.4) is 0 Å². The van der Waals surface area contributed by atoms with E-state index in [4.69, 9.17) is 21.8 Å². The Bertz CT molecular complexity index is 2580. The molecule has 0 aliphatic carbocycles. The summed E-state index contributed by atoms with van der Waals surface area (Å²) < 4.78 is 38.7. The number of ether oxygens (including phenoxy) is 1. The topological polar surface area (TPSA) is 228 Å². The molecule has 0 saturated heterocycles. The fourth-order valence-corrected chi connectivity index (χ4v) is 7.07. The molecule has 0 radical (unpaired) electrons. The molecular formula is C41H45N12O7S2+. The van der Waals surface area contributed by atoms with Gasteiger partial charge in [-0.05, 0) is 108 Å². The SMILES string of the molecule is O=C(C[n+]1cccc(C(=O)NCCCCCCNOCc2cccnc2)c1)Nc1cccc(S(=O)(=O)Nc2ccc(NNC(=O)OCn3nnn(-c4ccccc4)c3=S)cc2)c1. The molecule has 0 fully saturated rings. The number of nitrogens with zero attached hydrogens (tertiary/aromatic N) is 6. The molecule has 0 atom stereocenters. The van der Waals surface area contributed by atoms with Crippen LogP contribution in [-0.2, 0) is 44.3 Å². The first-order valence-electron chi connectivity index (χ1n) is 19.4. The number of pyridine rings is 2. The fourth-order valence-electron chi connectivity index (χ4n) is 5.73. The molecule has 21 heteroatoms. The highest BCUT2D eigenvalue weighted by Gasteiger charge is 2.18. The van der Waals surface area contributed by atoms with Gasteiger partial charge in [0.25, 0.3) is 21.8 Å². The van der Waals surface area contributed by atoms with Crippen molar-refractivity contribution in [2.24, 2.45) is 0 Å². The molecule has 19 nitrogen and oxygen atoms in total. The summed E-state index contributed by atoms with van der Waals surface area (Å²) in [7, 11) is -4.06. The van der Waals surface area contributed by atoms with E-state index in [1.54, 1.807) is 47.6 Å². The number of sulfonamides is 1. The molecule has 6 rings (SSSR count). The molecule has 3 aromatic heterocycles. The van der Waals surface area contributed by atoms with E-state index in [1.807, 2.05) is 42.5 Å². The van der Waals surface area contributed by atoms with Gasteiger partial charge in [-0.15, -0.1) is 0 Å². The Hall–Kier alpha value is -7.07. The molecule has 0 aliphatic rings. The number of benzene rings is 3. The van der Waals surface area contributed by atoms with E-state index in [2.05, 4.69) is 47.1 Å². The zero-order chi connectivity index (χ0) is 43.6. The number of unbranched alkanes of at least 4 members (excludes halogenated alkanes) is 3. The van der Waals surface area contributed by atoms with Crippen LogP contribution in [-0.4, -0.2) is 64.2 Å². The zero-order valence-electron chi connectivity index (χ0n) is 33.3. The fraction of sp³-hybridized carbons (Fsp3) is 0.220. The highest BCUT2D eigenvalue weighted by Crippen LogP contribution is 2.21. The van der Waals surface area contributed by atoms with E-state index >= 15 is 0 Å². The first-order valence-corrected chi connectivity index (χ1v) is 21.3. The molecule has 0 aliphatic heterocycles. The molecular weight excluding hydrogens is 837 g/mol. The Morgan fingerprint density at radius 2 is 1.60 bits per heavy atom. The number of carbonyl (C=O) groups excluding carboxylic acids is 3. The van der Waals surface area contributed by atoms with Crippen molar-refractivity contribution in [2.45, 2.75) is 50.5 Å². The number of hydrazine groups is 1. The summed E-state index contributed by atoms with van der Waals surface area (Å²) >= 11 is 5.36. The number of hydrogen-bond donors (Lipinski definition) is 6. The van der Waals surface area contributed by atoms with Crippen molar-refractivity contribution in [3.63, 3.8) is 0 Å². The molecule has 0 spiro atoms. The van der Waals surface area contributed by atoms with Crippen LogP contribution >= 0.6 is 12.2 Å². The van der Waals surface area contributed by atoms with Crippen LogP contribution in [0.15, 0.2) is 133 Å². The van der Waals surface area contributed by atoms with Crippen molar-refractivity contribution >= 4 is 57.2 Å². The molecule has 3 aromatic carbocycles. The van der Waals surface area contributed by atoms with Gasteiger partial charge >= 0.3 is 6.09 Å². The number of rotatable bonds is 22. The van der Waals surface area contributed by atoms with Gasteiger partial charge < -0.3 is 15.4 Å². The highest BCUT2D eigenvalue weighted by molar-refractivity contribution is 7.92. The summed E-state index contributed by atoms with van der Waals surface area (Å²) in [5, 5.41) is 13.5. The van der Waals surface area contributed by atoms with Crippen LogP contribution in [0.1, 0.15) is 41.6 Å². The minimum Gasteiger partial charge on any atom is -0.425 e. The van der Waals surface area contributed by atoms with Crippen molar-refractivity contribution in [2.75, 3.05) is 28.6 Å². The van der Waals surface area contributed by atoms with E-state index in [0.717, 1.165) is 37.8 Å². The van der Waals surface area contributed by atoms with Crippen molar-refractivity contribution in [3.8, 4) is 5.69 Å². The summed E-state index contributed by atoms with van der Waals surface area (Å²) in [6.45, 7) is 1.30. The summed E-state index contributed by atoms with van der Waals surface area (Å²) in [6.07, 6.45) is 9.60. The predicted molar refractivity (Wildman–Crippen MR) is 230 cm³/mol. The number of para-hydroxylation sites is 1. The number of tetrazole rings is 1. The van der Waals surface area contributed by atoms with Gasteiger partial charge in [0.05, 0.1) is 22.9 Å². The van der Waals surface area contributed by atoms with Gasteiger partial charge in [0, 0.05) is 42.9 Å². The molecule has 322 valence electrons. The molecule has 3 heterocycles. The van der Waals surface area contributed by atoms with Crippen LogP contribution in [0.25, 0.3) is 5.69 Å². The van der Waals surface area contributed by atoms with Gasteiger partial charge in [-0.3, -0.25) is 29.6 Å².